The van der Waals surface area contributed by atoms with Crippen molar-refractivity contribution in [2.75, 3.05) is 19.0 Å². The molecule has 1 heterocycles. The summed E-state index contributed by atoms with van der Waals surface area (Å²) in [7, 11) is 1.55. The van der Waals surface area contributed by atoms with Gasteiger partial charge < -0.3 is 19.8 Å². The minimum absolute atomic E-state index is 0.00878. The number of carbonyl (C=O) groups excluding carboxylic acids is 2. The maximum atomic E-state index is 12.7. The summed E-state index contributed by atoms with van der Waals surface area (Å²) in [6, 6.07) is 14.9. The zero-order valence-corrected chi connectivity index (χ0v) is 15.9. The molecule has 0 saturated carbocycles. The van der Waals surface area contributed by atoms with E-state index in [4.69, 9.17) is 9.47 Å². The number of nitrogens with one attached hydrogen (secondary N) is 2. The third-order valence-electron chi connectivity index (χ3n) is 4.05. The largest absolute Gasteiger partial charge is 0.497 e. The smallest absolute Gasteiger partial charge is 0.346 e. The van der Waals surface area contributed by atoms with E-state index in [0.717, 1.165) is 0 Å². The molecule has 148 valence electrons. The quantitative estimate of drug-likeness (QED) is 0.623. The van der Waals surface area contributed by atoms with Crippen molar-refractivity contribution in [1.29, 1.82) is 0 Å². The highest BCUT2D eigenvalue weighted by atomic mass is 16.5. The van der Waals surface area contributed by atoms with Crippen LogP contribution in [0.25, 0.3) is 11.3 Å². The minimum Gasteiger partial charge on any atom is -0.497 e. The zero-order valence-electron chi connectivity index (χ0n) is 15.9. The Morgan fingerprint density at radius 2 is 1.83 bits per heavy atom. The van der Waals surface area contributed by atoms with E-state index in [1.165, 1.54) is 6.07 Å². The van der Waals surface area contributed by atoms with Crippen molar-refractivity contribution in [3.05, 3.63) is 76.3 Å². The molecule has 1 amide bonds. The third kappa shape index (κ3) is 4.67. The van der Waals surface area contributed by atoms with Gasteiger partial charge in [0.2, 0.25) is 0 Å². The van der Waals surface area contributed by atoms with Crippen LogP contribution in [-0.4, -0.2) is 35.6 Å². The first-order chi connectivity index (χ1) is 14.0. The van der Waals surface area contributed by atoms with Gasteiger partial charge >= 0.3 is 11.7 Å². The number of aromatic nitrogens is 2. The second-order valence-corrected chi connectivity index (χ2v) is 5.93. The Labute approximate surface area is 166 Å². The molecule has 2 aromatic carbocycles. The highest BCUT2D eigenvalue weighted by molar-refractivity contribution is 6.07. The topological polar surface area (TPSA) is 110 Å². The van der Waals surface area contributed by atoms with Crippen molar-refractivity contribution in [3.63, 3.8) is 0 Å². The molecule has 8 nitrogen and oxygen atoms in total. The van der Waals surface area contributed by atoms with Crippen LogP contribution in [0.1, 0.15) is 27.8 Å². The first-order valence-electron chi connectivity index (χ1n) is 8.85. The van der Waals surface area contributed by atoms with Crippen molar-refractivity contribution in [2.24, 2.45) is 0 Å². The van der Waals surface area contributed by atoms with Crippen LogP contribution < -0.4 is 15.7 Å². The standard InChI is InChI=1S/C21H19N3O5/c1-3-29-20(26)15-6-4-5-7-16(15)22-19(25)18-12-17(23-21(27)24-18)13-8-10-14(28-2)11-9-13/h4-12H,3H2,1-2H3,(H,22,25)(H,23,24,27). The van der Waals surface area contributed by atoms with Gasteiger partial charge in [0.25, 0.3) is 5.91 Å². The predicted molar refractivity (Wildman–Crippen MR) is 107 cm³/mol. The molecule has 0 aliphatic rings. The van der Waals surface area contributed by atoms with Crippen LogP contribution in [0.15, 0.2) is 59.4 Å². The molecular formula is C21H19N3O5. The number of esters is 1. The summed E-state index contributed by atoms with van der Waals surface area (Å²) in [5.74, 6) is -0.478. The van der Waals surface area contributed by atoms with Gasteiger partial charge in [0, 0.05) is 5.56 Å². The van der Waals surface area contributed by atoms with Crippen molar-refractivity contribution >= 4 is 17.6 Å². The molecular weight excluding hydrogens is 374 g/mol. The lowest BCUT2D eigenvalue weighted by Crippen LogP contribution is -2.22. The molecule has 0 saturated heterocycles. The van der Waals surface area contributed by atoms with Gasteiger partial charge in [-0.2, -0.15) is 4.98 Å². The van der Waals surface area contributed by atoms with Gasteiger partial charge in [0.05, 0.1) is 30.7 Å². The lowest BCUT2D eigenvalue weighted by atomic mass is 10.1. The number of nitrogens with zero attached hydrogens (tertiary/aromatic N) is 1. The molecule has 0 radical (unpaired) electrons. The summed E-state index contributed by atoms with van der Waals surface area (Å²) < 4.78 is 10.1. The molecule has 3 rings (SSSR count). The molecule has 0 aliphatic carbocycles. The monoisotopic (exact) mass is 393 g/mol. The van der Waals surface area contributed by atoms with Crippen LogP contribution in [0.5, 0.6) is 5.75 Å². The number of rotatable bonds is 6. The van der Waals surface area contributed by atoms with Crippen LogP contribution in [0.3, 0.4) is 0 Å². The van der Waals surface area contributed by atoms with Gasteiger partial charge in [-0.15, -0.1) is 0 Å². The Morgan fingerprint density at radius 3 is 2.52 bits per heavy atom. The van der Waals surface area contributed by atoms with E-state index in [2.05, 4.69) is 15.3 Å². The van der Waals surface area contributed by atoms with E-state index in [1.54, 1.807) is 62.6 Å². The summed E-state index contributed by atoms with van der Waals surface area (Å²) in [6.45, 7) is 1.91. The van der Waals surface area contributed by atoms with Crippen molar-refractivity contribution in [3.8, 4) is 17.0 Å². The van der Waals surface area contributed by atoms with Gasteiger partial charge in [-0.1, -0.05) is 12.1 Å². The minimum atomic E-state index is -0.665. The van der Waals surface area contributed by atoms with Gasteiger partial charge in [0.15, 0.2) is 0 Å². The van der Waals surface area contributed by atoms with Crippen LogP contribution in [-0.2, 0) is 4.74 Å². The fourth-order valence-corrected chi connectivity index (χ4v) is 2.66. The fraction of sp³-hybridized carbons (Fsp3) is 0.143. The lowest BCUT2D eigenvalue weighted by Gasteiger charge is -2.11. The van der Waals surface area contributed by atoms with Crippen LogP contribution in [0, 0.1) is 0 Å². The number of hydrogen-bond donors (Lipinski definition) is 2. The summed E-state index contributed by atoms with van der Waals surface area (Å²) in [4.78, 5) is 43.1. The van der Waals surface area contributed by atoms with Crippen LogP contribution in [0.4, 0.5) is 5.69 Å². The molecule has 0 aliphatic heterocycles. The molecule has 2 N–H and O–H groups in total. The molecule has 8 heteroatoms. The first-order valence-corrected chi connectivity index (χ1v) is 8.85. The summed E-state index contributed by atoms with van der Waals surface area (Å²) in [5.41, 5.74) is 0.823. The Morgan fingerprint density at radius 1 is 1.10 bits per heavy atom. The maximum Gasteiger partial charge on any atom is 0.346 e. The number of H-pyrrole nitrogens is 1. The molecule has 0 atom stereocenters. The van der Waals surface area contributed by atoms with Gasteiger partial charge in [0.1, 0.15) is 11.4 Å². The second-order valence-electron chi connectivity index (χ2n) is 5.93. The molecule has 1 aromatic heterocycles. The molecule has 3 aromatic rings. The van der Waals surface area contributed by atoms with Crippen molar-refractivity contribution in [2.45, 2.75) is 6.92 Å². The maximum absolute atomic E-state index is 12.7. The Hall–Kier alpha value is -3.94. The number of ether oxygens (including phenoxy) is 2. The van der Waals surface area contributed by atoms with Crippen molar-refractivity contribution in [1.82, 2.24) is 9.97 Å². The van der Waals surface area contributed by atoms with E-state index in [-0.39, 0.29) is 23.6 Å². The number of methoxy groups -OCH3 is 1. The number of anilines is 1. The summed E-state index contributed by atoms with van der Waals surface area (Å²) >= 11 is 0. The number of benzene rings is 2. The van der Waals surface area contributed by atoms with Gasteiger partial charge in [-0.3, -0.25) is 4.79 Å². The van der Waals surface area contributed by atoms with E-state index in [0.29, 0.717) is 17.0 Å². The number of para-hydroxylation sites is 1. The fourth-order valence-electron chi connectivity index (χ4n) is 2.66. The number of amides is 1. The number of carbonyl (C=O) groups is 2. The number of hydrogen-bond acceptors (Lipinski definition) is 6. The van der Waals surface area contributed by atoms with Crippen LogP contribution >= 0.6 is 0 Å². The average Bonchev–Trinajstić information content (AvgIpc) is 2.74. The summed E-state index contributed by atoms with van der Waals surface area (Å²) in [6.07, 6.45) is 0. The van der Waals surface area contributed by atoms with Crippen molar-refractivity contribution < 1.29 is 19.1 Å². The van der Waals surface area contributed by atoms with E-state index >= 15 is 0 Å². The Balaban J connectivity index is 1.90. The number of aromatic amines is 1. The normalized spacial score (nSPS) is 10.3. The third-order valence-corrected chi connectivity index (χ3v) is 4.05. The Bertz CT molecular complexity index is 1090. The molecule has 0 fully saturated rings. The van der Waals surface area contributed by atoms with Gasteiger partial charge in [-0.25, -0.2) is 9.59 Å². The van der Waals surface area contributed by atoms with E-state index in [9.17, 15) is 14.4 Å². The Kier molecular flexibility index (Phi) is 6.03. The van der Waals surface area contributed by atoms with E-state index < -0.39 is 17.6 Å². The van der Waals surface area contributed by atoms with E-state index in [1.807, 2.05) is 0 Å². The highest BCUT2D eigenvalue weighted by Gasteiger charge is 2.16. The molecule has 0 unspecified atom stereocenters. The molecule has 0 bridgehead atoms. The molecule has 0 spiro atoms. The van der Waals surface area contributed by atoms with Crippen LogP contribution in [0.2, 0.25) is 0 Å². The lowest BCUT2D eigenvalue weighted by molar-refractivity contribution is 0.0527. The summed E-state index contributed by atoms with van der Waals surface area (Å²) in [5, 5.41) is 2.63. The van der Waals surface area contributed by atoms with Gasteiger partial charge in [-0.05, 0) is 49.4 Å². The predicted octanol–water partition coefficient (Wildman–Crippen LogP) is 2.87. The highest BCUT2D eigenvalue weighted by Crippen LogP contribution is 2.21. The first kappa shape index (κ1) is 19.8. The SMILES string of the molecule is CCOC(=O)c1ccccc1NC(=O)c1cc(-c2ccc(OC)cc2)nc(=O)[nH]1. The average molecular weight is 393 g/mol. The molecule has 29 heavy (non-hydrogen) atoms. The zero-order chi connectivity index (χ0) is 20.8. The second kappa shape index (κ2) is 8.83.